The van der Waals surface area contributed by atoms with Crippen LogP contribution < -0.4 is 0 Å². The summed E-state index contributed by atoms with van der Waals surface area (Å²) in [6, 6.07) is 0. The topological polar surface area (TPSA) is 58.9 Å². The molecular formula is C11H19NO3. The van der Waals surface area contributed by atoms with E-state index in [1.165, 1.54) is 0 Å². The fourth-order valence-electron chi connectivity index (χ4n) is 1.73. The van der Waals surface area contributed by atoms with Crippen LogP contribution in [0.25, 0.3) is 0 Å². The SMILES string of the molecule is CC(C)CO/N=C/C1[C@@H](C(=O)O)C1(C)C. The van der Waals surface area contributed by atoms with Crippen molar-refractivity contribution in [2.75, 3.05) is 6.61 Å². The third kappa shape index (κ3) is 2.70. The van der Waals surface area contributed by atoms with Crippen molar-refractivity contribution in [1.82, 2.24) is 0 Å². The number of oxime groups is 1. The van der Waals surface area contributed by atoms with Gasteiger partial charge in [0.15, 0.2) is 0 Å². The number of hydrogen-bond acceptors (Lipinski definition) is 3. The minimum atomic E-state index is -0.750. The monoisotopic (exact) mass is 213 g/mol. The third-order valence-corrected chi connectivity index (χ3v) is 2.88. The Labute approximate surface area is 90.3 Å². The average Bonchev–Trinajstić information content (AvgIpc) is 2.62. The first-order chi connectivity index (χ1) is 6.87. The van der Waals surface area contributed by atoms with Crippen molar-refractivity contribution >= 4 is 12.2 Å². The van der Waals surface area contributed by atoms with Gasteiger partial charge in [0.1, 0.15) is 6.61 Å². The van der Waals surface area contributed by atoms with Crippen LogP contribution in [0, 0.1) is 23.2 Å². The van der Waals surface area contributed by atoms with E-state index in [9.17, 15) is 4.79 Å². The maximum atomic E-state index is 10.8. The largest absolute Gasteiger partial charge is 0.481 e. The number of hydrogen-bond donors (Lipinski definition) is 1. The fourth-order valence-corrected chi connectivity index (χ4v) is 1.73. The van der Waals surface area contributed by atoms with E-state index in [2.05, 4.69) is 5.16 Å². The highest BCUT2D eigenvalue weighted by atomic mass is 16.6. The van der Waals surface area contributed by atoms with Crippen LogP contribution in [0.5, 0.6) is 0 Å². The summed E-state index contributed by atoms with van der Waals surface area (Å²) in [4.78, 5) is 15.9. The van der Waals surface area contributed by atoms with Gasteiger partial charge < -0.3 is 9.94 Å². The molecule has 0 aromatic carbocycles. The number of carbonyl (C=O) groups is 1. The van der Waals surface area contributed by atoms with E-state index in [-0.39, 0.29) is 17.3 Å². The van der Waals surface area contributed by atoms with Crippen molar-refractivity contribution in [3.05, 3.63) is 0 Å². The van der Waals surface area contributed by atoms with E-state index in [0.717, 1.165) is 0 Å². The molecule has 4 heteroatoms. The number of carboxylic acids is 1. The maximum Gasteiger partial charge on any atom is 0.307 e. The summed E-state index contributed by atoms with van der Waals surface area (Å²) in [5.74, 6) is -0.629. The third-order valence-electron chi connectivity index (χ3n) is 2.88. The minimum Gasteiger partial charge on any atom is -0.481 e. The minimum absolute atomic E-state index is 0.00200. The van der Waals surface area contributed by atoms with Crippen LogP contribution in [-0.4, -0.2) is 23.9 Å². The van der Waals surface area contributed by atoms with E-state index in [0.29, 0.717) is 12.5 Å². The Kier molecular flexibility index (Phi) is 3.37. The van der Waals surface area contributed by atoms with E-state index in [1.54, 1.807) is 6.21 Å². The quantitative estimate of drug-likeness (QED) is 0.561. The second kappa shape index (κ2) is 4.21. The normalized spacial score (nSPS) is 28.3. The number of carboxylic acid groups (broad SMARTS) is 1. The Bertz CT molecular complexity index is 271. The number of aliphatic carboxylic acids is 1. The molecule has 1 aliphatic rings. The lowest BCUT2D eigenvalue weighted by atomic mass is 10.1. The smallest absolute Gasteiger partial charge is 0.307 e. The molecule has 0 radical (unpaired) electrons. The molecule has 0 bridgehead atoms. The molecule has 15 heavy (non-hydrogen) atoms. The van der Waals surface area contributed by atoms with Gasteiger partial charge in [-0.15, -0.1) is 0 Å². The first-order valence-corrected chi connectivity index (χ1v) is 5.25. The Morgan fingerprint density at radius 3 is 2.60 bits per heavy atom. The van der Waals surface area contributed by atoms with Gasteiger partial charge in [0, 0.05) is 12.1 Å². The van der Waals surface area contributed by atoms with Crippen molar-refractivity contribution in [2.24, 2.45) is 28.3 Å². The van der Waals surface area contributed by atoms with Crippen molar-refractivity contribution in [1.29, 1.82) is 0 Å². The summed E-state index contributed by atoms with van der Waals surface area (Å²) < 4.78 is 0. The van der Waals surface area contributed by atoms with Crippen LogP contribution in [0.3, 0.4) is 0 Å². The maximum absolute atomic E-state index is 10.8. The Hall–Kier alpha value is -1.06. The molecule has 1 rings (SSSR count). The Balaban J connectivity index is 2.38. The lowest BCUT2D eigenvalue weighted by Crippen LogP contribution is -2.03. The van der Waals surface area contributed by atoms with Gasteiger partial charge in [0.25, 0.3) is 0 Å². The highest BCUT2D eigenvalue weighted by Crippen LogP contribution is 2.57. The molecule has 1 fully saturated rings. The highest BCUT2D eigenvalue weighted by molar-refractivity contribution is 5.84. The molecule has 2 atom stereocenters. The molecule has 0 amide bonds. The van der Waals surface area contributed by atoms with Crippen LogP contribution in [0.1, 0.15) is 27.7 Å². The molecule has 0 saturated heterocycles. The van der Waals surface area contributed by atoms with Gasteiger partial charge in [-0.2, -0.15) is 0 Å². The van der Waals surface area contributed by atoms with Gasteiger partial charge >= 0.3 is 5.97 Å². The van der Waals surface area contributed by atoms with Gasteiger partial charge in [-0.05, 0) is 11.3 Å². The molecular weight excluding hydrogens is 194 g/mol. The zero-order valence-electron chi connectivity index (χ0n) is 9.73. The molecule has 1 N–H and O–H groups in total. The molecule has 0 spiro atoms. The van der Waals surface area contributed by atoms with Crippen molar-refractivity contribution in [3.63, 3.8) is 0 Å². The van der Waals surface area contributed by atoms with Gasteiger partial charge in [-0.1, -0.05) is 32.9 Å². The molecule has 1 saturated carbocycles. The van der Waals surface area contributed by atoms with Gasteiger partial charge in [0.2, 0.25) is 0 Å². The van der Waals surface area contributed by atoms with Gasteiger partial charge in [-0.3, -0.25) is 4.79 Å². The van der Waals surface area contributed by atoms with Crippen molar-refractivity contribution in [2.45, 2.75) is 27.7 Å². The lowest BCUT2D eigenvalue weighted by molar-refractivity contribution is -0.139. The zero-order valence-corrected chi connectivity index (χ0v) is 9.73. The second-order valence-corrected chi connectivity index (χ2v) is 5.11. The second-order valence-electron chi connectivity index (χ2n) is 5.11. The summed E-state index contributed by atoms with van der Waals surface area (Å²) in [5, 5.41) is 12.7. The molecule has 4 nitrogen and oxygen atoms in total. The Morgan fingerprint density at radius 2 is 2.20 bits per heavy atom. The molecule has 0 aromatic heterocycles. The van der Waals surface area contributed by atoms with Gasteiger partial charge in [-0.25, -0.2) is 0 Å². The van der Waals surface area contributed by atoms with Gasteiger partial charge in [0.05, 0.1) is 5.92 Å². The zero-order chi connectivity index (χ0) is 11.6. The van der Waals surface area contributed by atoms with E-state index in [1.807, 2.05) is 27.7 Å². The summed E-state index contributed by atoms with van der Waals surface area (Å²) in [6.45, 7) is 8.52. The summed E-state index contributed by atoms with van der Waals surface area (Å²) >= 11 is 0. The molecule has 1 aliphatic carbocycles. The lowest BCUT2D eigenvalue weighted by Gasteiger charge is -2.01. The highest BCUT2D eigenvalue weighted by Gasteiger charge is 2.61. The number of rotatable bonds is 5. The molecule has 0 heterocycles. The molecule has 0 aliphatic heterocycles. The van der Waals surface area contributed by atoms with Crippen LogP contribution in [0.4, 0.5) is 0 Å². The van der Waals surface area contributed by atoms with Crippen LogP contribution in [0.2, 0.25) is 0 Å². The summed E-state index contributed by atoms with van der Waals surface area (Å²) in [7, 11) is 0. The number of nitrogens with zero attached hydrogens (tertiary/aromatic N) is 1. The molecule has 86 valence electrons. The average molecular weight is 213 g/mol. The summed E-state index contributed by atoms with van der Waals surface area (Å²) in [6.07, 6.45) is 1.63. The predicted molar refractivity (Wildman–Crippen MR) is 57.7 cm³/mol. The first-order valence-electron chi connectivity index (χ1n) is 5.25. The van der Waals surface area contributed by atoms with Crippen LogP contribution in [-0.2, 0) is 9.63 Å². The first kappa shape index (κ1) is 12.0. The van der Waals surface area contributed by atoms with Crippen LogP contribution >= 0.6 is 0 Å². The molecule has 1 unspecified atom stereocenters. The van der Waals surface area contributed by atoms with Crippen LogP contribution in [0.15, 0.2) is 5.16 Å². The van der Waals surface area contributed by atoms with E-state index < -0.39 is 5.97 Å². The predicted octanol–water partition coefficient (Wildman–Crippen LogP) is 2.00. The Morgan fingerprint density at radius 1 is 1.60 bits per heavy atom. The van der Waals surface area contributed by atoms with Crippen molar-refractivity contribution in [3.8, 4) is 0 Å². The van der Waals surface area contributed by atoms with E-state index in [4.69, 9.17) is 9.94 Å². The standard InChI is InChI=1S/C11H19NO3/c1-7(2)6-15-12-5-8-9(10(13)14)11(8,3)4/h5,7-9H,6H2,1-4H3,(H,13,14)/b12-5+/t8?,9-/m0/s1. The van der Waals surface area contributed by atoms with E-state index >= 15 is 0 Å². The summed E-state index contributed by atoms with van der Waals surface area (Å²) in [5.41, 5.74) is -0.184. The fraction of sp³-hybridized carbons (Fsp3) is 0.818. The molecule has 0 aromatic rings. The van der Waals surface area contributed by atoms with Crippen molar-refractivity contribution < 1.29 is 14.7 Å².